The monoisotopic (exact) mass is 426 g/mol. The maximum absolute atomic E-state index is 12.2. The molecule has 0 saturated heterocycles. The molecule has 1 heteroatoms. The predicted octanol–water partition coefficient (Wildman–Crippen LogP) is 8.48. The predicted molar refractivity (Wildman–Crippen MR) is 132 cm³/mol. The van der Waals surface area contributed by atoms with Crippen LogP contribution < -0.4 is 0 Å². The number of carbonyl (C=O) groups is 1. The number of fused-ring (bicyclic) bond motifs is 5. The lowest BCUT2D eigenvalue weighted by Crippen LogP contribution is -2.52. The fourth-order valence-electron chi connectivity index (χ4n) is 9.65. The van der Waals surface area contributed by atoms with Crippen LogP contribution in [0.4, 0.5) is 0 Å². The first-order valence-electron chi connectivity index (χ1n) is 13.9. The molecule has 0 unspecified atom stereocenters. The summed E-state index contributed by atoms with van der Waals surface area (Å²) in [6.45, 7) is 17.5. The van der Waals surface area contributed by atoms with E-state index in [1.807, 2.05) is 0 Å². The van der Waals surface area contributed by atoms with Gasteiger partial charge in [0.15, 0.2) is 5.78 Å². The molecule has 0 aromatic carbocycles. The second-order valence-electron chi connectivity index (χ2n) is 13.2. The van der Waals surface area contributed by atoms with Gasteiger partial charge in [-0.15, -0.1) is 0 Å². The van der Waals surface area contributed by atoms with E-state index < -0.39 is 0 Å². The molecule has 3 fully saturated rings. The van der Waals surface area contributed by atoms with Gasteiger partial charge in [-0.1, -0.05) is 66.9 Å². The quantitative estimate of drug-likeness (QED) is 0.416. The number of hydrogen-bond donors (Lipinski definition) is 0. The number of allylic oxidation sites excluding steroid dienone is 1. The Morgan fingerprint density at radius 2 is 1.77 bits per heavy atom. The second kappa shape index (κ2) is 8.64. The molecule has 0 N–H and O–H groups in total. The molecule has 4 rings (SSSR count). The third-order valence-corrected chi connectivity index (χ3v) is 11.5. The molecule has 0 radical (unpaired) electrons. The average Bonchev–Trinajstić information content (AvgIpc) is 3.07. The maximum atomic E-state index is 12.2. The highest BCUT2D eigenvalue weighted by Crippen LogP contribution is 2.68. The van der Waals surface area contributed by atoms with Gasteiger partial charge in [0.2, 0.25) is 0 Å². The number of hydrogen-bond acceptors (Lipinski definition) is 1. The van der Waals surface area contributed by atoms with E-state index in [-0.39, 0.29) is 0 Å². The van der Waals surface area contributed by atoms with E-state index in [0.29, 0.717) is 22.5 Å². The Kier molecular flexibility index (Phi) is 6.57. The summed E-state index contributed by atoms with van der Waals surface area (Å²) in [6.07, 6.45) is 15.3. The zero-order valence-corrected chi connectivity index (χ0v) is 21.7. The van der Waals surface area contributed by atoms with E-state index in [9.17, 15) is 4.79 Å². The van der Waals surface area contributed by atoms with Crippen LogP contribution in [-0.2, 0) is 4.79 Å². The van der Waals surface area contributed by atoms with Gasteiger partial charge in [0.05, 0.1) is 0 Å². The van der Waals surface area contributed by atoms with E-state index in [1.165, 1.54) is 56.9 Å². The van der Waals surface area contributed by atoms with Crippen LogP contribution in [0, 0.1) is 58.2 Å². The number of rotatable bonds is 6. The molecular weight excluding hydrogens is 376 g/mol. The summed E-state index contributed by atoms with van der Waals surface area (Å²) in [6, 6.07) is 0. The average molecular weight is 427 g/mol. The highest BCUT2D eigenvalue weighted by atomic mass is 16.1. The Morgan fingerprint density at radius 1 is 1.03 bits per heavy atom. The summed E-state index contributed by atoms with van der Waals surface area (Å²) in [5, 5.41) is 0. The number of ketones is 1. The lowest BCUT2D eigenvalue weighted by atomic mass is 9.45. The summed E-state index contributed by atoms with van der Waals surface area (Å²) in [7, 11) is 0. The van der Waals surface area contributed by atoms with Crippen molar-refractivity contribution in [1.82, 2.24) is 0 Å². The first kappa shape index (κ1) is 23.6. The molecular formula is C30H50O. The Morgan fingerprint density at radius 3 is 2.45 bits per heavy atom. The molecule has 4 aliphatic carbocycles. The van der Waals surface area contributed by atoms with Crippen molar-refractivity contribution in [2.24, 2.45) is 58.2 Å². The van der Waals surface area contributed by atoms with Crippen molar-refractivity contribution >= 4 is 5.78 Å². The van der Waals surface area contributed by atoms with E-state index in [0.717, 1.165) is 54.3 Å². The Bertz CT molecular complexity index is 703. The van der Waals surface area contributed by atoms with Crippen molar-refractivity contribution in [3.63, 3.8) is 0 Å². The largest absolute Gasteiger partial charge is 0.295 e. The zero-order chi connectivity index (χ0) is 22.6. The topological polar surface area (TPSA) is 17.1 Å². The highest BCUT2D eigenvalue weighted by Gasteiger charge is 2.60. The molecule has 0 aliphatic heterocycles. The molecule has 0 aromatic rings. The Labute approximate surface area is 193 Å². The van der Waals surface area contributed by atoms with Crippen molar-refractivity contribution < 1.29 is 4.79 Å². The van der Waals surface area contributed by atoms with Gasteiger partial charge in [0, 0.05) is 6.42 Å². The fourth-order valence-corrected chi connectivity index (χ4v) is 9.65. The van der Waals surface area contributed by atoms with Gasteiger partial charge in [-0.05, 0) is 109 Å². The minimum Gasteiger partial charge on any atom is -0.295 e. The minimum atomic E-state index is 0.298. The number of carbonyl (C=O) groups excluding carboxylic acids is 1. The van der Waals surface area contributed by atoms with Crippen molar-refractivity contribution in [1.29, 1.82) is 0 Å². The van der Waals surface area contributed by atoms with Gasteiger partial charge in [-0.2, -0.15) is 0 Å². The summed E-state index contributed by atoms with van der Waals surface area (Å²) in [4.78, 5) is 12.2. The molecule has 4 aliphatic rings. The van der Waals surface area contributed by atoms with Crippen molar-refractivity contribution in [2.45, 2.75) is 113 Å². The molecule has 1 nitrogen and oxygen atoms in total. The molecule has 9 atom stereocenters. The van der Waals surface area contributed by atoms with Gasteiger partial charge >= 0.3 is 0 Å². The summed E-state index contributed by atoms with van der Waals surface area (Å²) >= 11 is 0. The molecule has 0 amide bonds. The lowest BCUT2D eigenvalue weighted by Gasteiger charge is -2.60. The van der Waals surface area contributed by atoms with Gasteiger partial charge < -0.3 is 0 Å². The summed E-state index contributed by atoms with van der Waals surface area (Å²) in [5.41, 5.74) is 2.38. The smallest absolute Gasteiger partial charge is 0.155 e. The van der Waals surface area contributed by atoms with Crippen LogP contribution in [0.2, 0.25) is 0 Å². The van der Waals surface area contributed by atoms with Crippen LogP contribution in [0.1, 0.15) is 113 Å². The lowest BCUT2D eigenvalue weighted by molar-refractivity contribution is -0.118. The van der Waals surface area contributed by atoms with Crippen LogP contribution in [0.3, 0.4) is 0 Å². The first-order valence-corrected chi connectivity index (χ1v) is 13.9. The van der Waals surface area contributed by atoms with Crippen LogP contribution in [0.15, 0.2) is 11.6 Å². The molecule has 0 bridgehead atoms. The van der Waals surface area contributed by atoms with Crippen LogP contribution in [0.25, 0.3) is 0 Å². The van der Waals surface area contributed by atoms with Crippen LogP contribution >= 0.6 is 0 Å². The fraction of sp³-hybridized carbons (Fsp3) is 0.900. The Hall–Kier alpha value is -0.590. The maximum Gasteiger partial charge on any atom is 0.155 e. The third-order valence-electron chi connectivity index (χ3n) is 11.5. The van der Waals surface area contributed by atoms with E-state index in [2.05, 4.69) is 54.5 Å². The summed E-state index contributed by atoms with van der Waals surface area (Å²) in [5.74, 6) is 7.15. The molecule has 0 heterocycles. The summed E-state index contributed by atoms with van der Waals surface area (Å²) < 4.78 is 0. The van der Waals surface area contributed by atoms with Gasteiger partial charge in [-0.25, -0.2) is 0 Å². The van der Waals surface area contributed by atoms with E-state index >= 15 is 0 Å². The third kappa shape index (κ3) is 3.89. The van der Waals surface area contributed by atoms with Crippen LogP contribution in [0.5, 0.6) is 0 Å². The standard InChI is InChI=1S/C30H50O/c1-8-22(19(2)3)10-9-20(4)25-11-12-26-24-17-21(5)28-18-23(31)13-15-30(28,7)27(24)14-16-29(25,26)6/h18-22,24-27H,8-17H2,1-7H3/t20-,21+,22-,24+,25-,26+,27+,29-,30-/m1/s1. The van der Waals surface area contributed by atoms with Gasteiger partial charge in [0.1, 0.15) is 0 Å². The zero-order valence-electron chi connectivity index (χ0n) is 21.7. The Balaban J connectivity index is 1.51. The SMILES string of the molecule is CC[C@H](CC[C@@H](C)[C@H]1CC[C@H]2[C@@H]3C[C@H](C)C4=CC(=O)CC[C@]4(C)[C@H]3CC[C@]12C)C(C)C. The minimum absolute atomic E-state index is 0.298. The van der Waals surface area contributed by atoms with Crippen molar-refractivity contribution in [3.05, 3.63) is 11.6 Å². The first-order chi connectivity index (χ1) is 14.6. The van der Waals surface area contributed by atoms with Crippen molar-refractivity contribution in [2.75, 3.05) is 0 Å². The van der Waals surface area contributed by atoms with Gasteiger partial charge in [0.25, 0.3) is 0 Å². The van der Waals surface area contributed by atoms with E-state index in [4.69, 9.17) is 0 Å². The molecule has 0 aromatic heterocycles. The van der Waals surface area contributed by atoms with Crippen LogP contribution in [-0.4, -0.2) is 5.78 Å². The molecule has 176 valence electrons. The molecule has 3 saturated carbocycles. The molecule has 31 heavy (non-hydrogen) atoms. The second-order valence-corrected chi connectivity index (χ2v) is 13.2. The molecule has 0 spiro atoms. The highest BCUT2D eigenvalue weighted by molar-refractivity contribution is 5.91. The van der Waals surface area contributed by atoms with Crippen molar-refractivity contribution in [3.8, 4) is 0 Å². The normalized spacial score (nSPS) is 44.3. The van der Waals surface area contributed by atoms with Gasteiger partial charge in [-0.3, -0.25) is 4.79 Å². The van der Waals surface area contributed by atoms with E-state index in [1.54, 1.807) is 0 Å².